The van der Waals surface area contributed by atoms with Crippen molar-refractivity contribution in [3.63, 3.8) is 0 Å². The maximum Gasteiger partial charge on any atom is 0.231 e. The summed E-state index contributed by atoms with van der Waals surface area (Å²) in [4.78, 5) is 0. The molecule has 7 heteroatoms. The van der Waals surface area contributed by atoms with Gasteiger partial charge in [-0.2, -0.15) is 4.68 Å². The monoisotopic (exact) mass is 363 g/mol. The lowest BCUT2D eigenvalue weighted by Crippen LogP contribution is -2.35. The molecule has 0 atom stereocenters. The van der Waals surface area contributed by atoms with Crippen molar-refractivity contribution >= 4 is 5.69 Å². The van der Waals surface area contributed by atoms with Gasteiger partial charge in [-0.25, -0.2) is 0 Å². The van der Waals surface area contributed by atoms with Gasteiger partial charge in [-0.15, -0.1) is 5.10 Å². The summed E-state index contributed by atoms with van der Waals surface area (Å²) in [7, 11) is 0. The second-order valence-electron chi connectivity index (χ2n) is 7.18. The van der Waals surface area contributed by atoms with Gasteiger partial charge >= 0.3 is 0 Å². The molecule has 1 N–H and O–H groups in total. The van der Waals surface area contributed by atoms with E-state index in [-0.39, 0.29) is 12.3 Å². The van der Waals surface area contributed by atoms with Crippen molar-refractivity contribution in [2.24, 2.45) is 0 Å². The topological polar surface area (TPSA) is 74.1 Å². The summed E-state index contributed by atoms with van der Waals surface area (Å²) in [5, 5.41) is 16.5. The number of nitrogens with one attached hydrogen (secondary N) is 1. The van der Waals surface area contributed by atoms with Crippen LogP contribution in [0.1, 0.15) is 37.1 Å². The summed E-state index contributed by atoms with van der Waals surface area (Å²) in [5.41, 5.74) is 2.83. The first kappa shape index (κ1) is 16.1. The first-order chi connectivity index (χ1) is 13.3. The van der Waals surface area contributed by atoms with E-state index < -0.39 is 0 Å². The molecule has 5 rings (SSSR count). The Hall–Kier alpha value is -3.09. The van der Waals surface area contributed by atoms with Crippen molar-refractivity contribution in [1.29, 1.82) is 0 Å². The number of anilines is 1. The number of tetrazole rings is 1. The summed E-state index contributed by atoms with van der Waals surface area (Å²) >= 11 is 0. The minimum atomic E-state index is -0.306. The van der Waals surface area contributed by atoms with E-state index in [1.807, 2.05) is 35.0 Å². The molecule has 1 aromatic heterocycles. The molecule has 0 unspecified atom stereocenters. The minimum Gasteiger partial charge on any atom is -0.454 e. The number of aryl methyl sites for hydroxylation is 1. The van der Waals surface area contributed by atoms with E-state index in [1.165, 1.54) is 0 Å². The highest BCUT2D eigenvalue weighted by Crippen LogP contribution is 2.43. The van der Waals surface area contributed by atoms with Crippen molar-refractivity contribution in [3.05, 3.63) is 53.9 Å². The van der Waals surface area contributed by atoms with E-state index in [9.17, 15) is 0 Å². The molecule has 2 heterocycles. The van der Waals surface area contributed by atoms with E-state index >= 15 is 0 Å². The van der Waals surface area contributed by atoms with Gasteiger partial charge in [-0.3, -0.25) is 0 Å². The third-order valence-electron chi connectivity index (χ3n) is 5.45. The highest BCUT2D eigenvalue weighted by Gasteiger charge is 2.41. The molecule has 0 bridgehead atoms. The van der Waals surface area contributed by atoms with Crippen molar-refractivity contribution in [2.45, 2.75) is 38.1 Å². The minimum absolute atomic E-state index is 0.273. The quantitative estimate of drug-likeness (QED) is 0.764. The SMILES string of the molecule is Cc1ccccc1-n1nnnc1C1(Nc2ccc3c(c2)OCO3)CCCC1. The summed E-state index contributed by atoms with van der Waals surface area (Å²) in [6.45, 7) is 2.35. The summed E-state index contributed by atoms with van der Waals surface area (Å²) < 4.78 is 12.8. The van der Waals surface area contributed by atoms with Crippen LogP contribution in [0.3, 0.4) is 0 Å². The Morgan fingerprint density at radius 2 is 1.85 bits per heavy atom. The predicted molar refractivity (Wildman–Crippen MR) is 100 cm³/mol. The van der Waals surface area contributed by atoms with Gasteiger partial charge in [0.1, 0.15) is 0 Å². The Morgan fingerprint density at radius 1 is 1.04 bits per heavy atom. The van der Waals surface area contributed by atoms with Crippen LogP contribution in [0, 0.1) is 6.92 Å². The number of rotatable bonds is 4. The highest BCUT2D eigenvalue weighted by molar-refractivity contribution is 5.57. The molecule has 1 aliphatic heterocycles. The predicted octanol–water partition coefficient (Wildman–Crippen LogP) is 3.58. The van der Waals surface area contributed by atoms with E-state index in [0.717, 1.165) is 59.9 Å². The lowest BCUT2D eigenvalue weighted by Gasteiger charge is -2.30. The molecular formula is C20H21N5O2. The van der Waals surface area contributed by atoms with Gasteiger partial charge in [0, 0.05) is 11.8 Å². The van der Waals surface area contributed by atoms with Gasteiger partial charge in [-0.05, 0) is 54.0 Å². The Kier molecular flexibility index (Phi) is 3.74. The maximum atomic E-state index is 5.53. The zero-order chi connectivity index (χ0) is 18.3. The lowest BCUT2D eigenvalue weighted by atomic mass is 9.95. The van der Waals surface area contributed by atoms with Gasteiger partial charge in [0.2, 0.25) is 6.79 Å². The third kappa shape index (κ3) is 2.70. The molecule has 1 fully saturated rings. The smallest absolute Gasteiger partial charge is 0.231 e. The molecule has 2 aromatic carbocycles. The van der Waals surface area contributed by atoms with Gasteiger partial charge in [0.25, 0.3) is 0 Å². The number of nitrogens with zero attached hydrogens (tertiary/aromatic N) is 4. The van der Waals surface area contributed by atoms with Crippen LogP contribution in [-0.2, 0) is 5.54 Å². The molecule has 0 spiro atoms. The number of benzene rings is 2. The fourth-order valence-corrected chi connectivity index (χ4v) is 4.08. The molecule has 0 saturated heterocycles. The molecule has 3 aromatic rings. The van der Waals surface area contributed by atoms with Crippen molar-refractivity contribution in [3.8, 4) is 17.2 Å². The van der Waals surface area contributed by atoms with Crippen LogP contribution in [0.25, 0.3) is 5.69 Å². The second kappa shape index (κ2) is 6.26. The molecule has 138 valence electrons. The molecular weight excluding hydrogens is 342 g/mol. The first-order valence-corrected chi connectivity index (χ1v) is 9.28. The van der Waals surface area contributed by atoms with E-state index in [4.69, 9.17) is 9.47 Å². The van der Waals surface area contributed by atoms with Gasteiger partial charge < -0.3 is 14.8 Å². The number of ether oxygens (including phenoxy) is 2. The van der Waals surface area contributed by atoms with Gasteiger partial charge in [-0.1, -0.05) is 31.0 Å². The molecule has 27 heavy (non-hydrogen) atoms. The molecule has 7 nitrogen and oxygen atoms in total. The number of aromatic nitrogens is 4. The maximum absolute atomic E-state index is 5.53. The summed E-state index contributed by atoms with van der Waals surface area (Å²) in [6.07, 6.45) is 4.23. The number of hydrogen-bond acceptors (Lipinski definition) is 6. The van der Waals surface area contributed by atoms with Crippen LogP contribution in [0.5, 0.6) is 11.5 Å². The summed E-state index contributed by atoms with van der Waals surface area (Å²) in [6, 6.07) is 14.1. The Morgan fingerprint density at radius 3 is 2.70 bits per heavy atom. The normalized spacial score (nSPS) is 17.2. The fraction of sp³-hybridized carbons (Fsp3) is 0.350. The standard InChI is InChI=1S/C20H21N5O2/c1-14-6-2-3-7-16(14)25-19(22-23-24-25)20(10-4-5-11-20)21-15-8-9-17-18(12-15)27-13-26-17/h2-3,6-9,12,21H,4-5,10-11,13H2,1H3. The van der Waals surface area contributed by atoms with E-state index in [1.54, 1.807) is 0 Å². The zero-order valence-electron chi connectivity index (χ0n) is 15.2. The molecule has 1 saturated carbocycles. The number of fused-ring (bicyclic) bond motifs is 1. The first-order valence-electron chi connectivity index (χ1n) is 9.28. The van der Waals surface area contributed by atoms with Crippen LogP contribution in [0.4, 0.5) is 5.69 Å². The molecule has 0 radical (unpaired) electrons. The van der Waals surface area contributed by atoms with Gasteiger partial charge in [0.05, 0.1) is 11.2 Å². The van der Waals surface area contributed by atoms with Crippen molar-refractivity contribution in [2.75, 3.05) is 12.1 Å². The van der Waals surface area contributed by atoms with Crippen molar-refractivity contribution < 1.29 is 9.47 Å². The van der Waals surface area contributed by atoms with Crippen LogP contribution >= 0.6 is 0 Å². The van der Waals surface area contributed by atoms with E-state index in [0.29, 0.717) is 0 Å². The van der Waals surface area contributed by atoms with Gasteiger partial charge in [0.15, 0.2) is 17.3 Å². The Labute approximate surface area is 157 Å². The Balaban J connectivity index is 1.55. The number of hydrogen-bond donors (Lipinski definition) is 1. The zero-order valence-corrected chi connectivity index (χ0v) is 15.2. The van der Waals surface area contributed by atoms with E-state index in [2.05, 4.69) is 39.9 Å². The fourth-order valence-electron chi connectivity index (χ4n) is 4.08. The lowest BCUT2D eigenvalue weighted by molar-refractivity contribution is 0.174. The van der Waals surface area contributed by atoms with Crippen LogP contribution in [0.2, 0.25) is 0 Å². The van der Waals surface area contributed by atoms with Crippen LogP contribution in [0.15, 0.2) is 42.5 Å². The second-order valence-corrected chi connectivity index (χ2v) is 7.18. The average molecular weight is 363 g/mol. The Bertz CT molecular complexity index is 978. The van der Waals surface area contributed by atoms with Crippen molar-refractivity contribution in [1.82, 2.24) is 20.2 Å². The van der Waals surface area contributed by atoms with Crippen LogP contribution < -0.4 is 14.8 Å². The highest BCUT2D eigenvalue weighted by atomic mass is 16.7. The van der Waals surface area contributed by atoms with Crippen LogP contribution in [-0.4, -0.2) is 27.0 Å². The molecule has 2 aliphatic rings. The molecule has 0 amide bonds. The average Bonchev–Trinajstić information content (AvgIpc) is 3.42. The summed E-state index contributed by atoms with van der Waals surface area (Å²) in [5.74, 6) is 2.41. The molecule has 1 aliphatic carbocycles. The third-order valence-corrected chi connectivity index (χ3v) is 5.45. The largest absolute Gasteiger partial charge is 0.454 e. The number of para-hydroxylation sites is 1.